The molecule has 0 fully saturated rings. The minimum Gasteiger partial charge on any atom is -0.488 e. The van der Waals surface area contributed by atoms with E-state index in [4.69, 9.17) is 19.7 Å². The van der Waals surface area contributed by atoms with Crippen LogP contribution in [0.4, 0.5) is 0 Å². The van der Waals surface area contributed by atoms with Crippen molar-refractivity contribution in [1.82, 2.24) is 0 Å². The molecule has 0 saturated heterocycles. The van der Waals surface area contributed by atoms with Crippen molar-refractivity contribution in [2.75, 3.05) is 0 Å². The molecule has 0 bridgehead atoms. The van der Waals surface area contributed by atoms with E-state index >= 15 is 0 Å². The van der Waals surface area contributed by atoms with Gasteiger partial charge in [0.15, 0.2) is 0 Å². The molecule has 4 rings (SSSR count). The third-order valence-corrected chi connectivity index (χ3v) is 6.02. The molecule has 0 aliphatic carbocycles. The minimum absolute atomic E-state index is 0.141. The van der Waals surface area contributed by atoms with Gasteiger partial charge in [-0.1, -0.05) is 0 Å². The molecule has 6 nitrogen and oxygen atoms in total. The van der Waals surface area contributed by atoms with E-state index in [9.17, 15) is 9.59 Å². The summed E-state index contributed by atoms with van der Waals surface area (Å²) in [5.41, 5.74) is 2.27. The zero-order valence-electron chi connectivity index (χ0n) is 18.1. The maximum atomic E-state index is 10.9. The number of carboxylic acid groups (broad SMARTS) is 2. The number of fused-ring (bicyclic) bond motifs is 2. The molecule has 0 unspecified atom stereocenters. The molecule has 0 radical (unpaired) electrons. The molecule has 166 valence electrons. The van der Waals surface area contributed by atoms with Crippen molar-refractivity contribution in [3.05, 3.63) is 57.1 Å². The quantitative estimate of drug-likeness (QED) is 0.557. The average Bonchev–Trinajstić information content (AvgIpc) is 2.67. The molecule has 31 heavy (non-hydrogen) atoms. The monoisotopic (exact) mass is 490 g/mol. The molecule has 0 spiro atoms. The lowest BCUT2D eigenvalue weighted by molar-refractivity contribution is 0.0683. The molecule has 2 aromatic carbocycles. The molecule has 2 aliphatic heterocycles. The normalized spacial score (nSPS) is 17.6. The second-order valence-corrected chi connectivity index (χ2v) is 9.96. The molecule has 0 saturated carbocycles. The number of aryl methyl sites for hydroxylation is 2. The van der Waals surface area contributed by atoms with Gasteiger partial charge in [0.1, 0.15) is 22.7 Å². The summed E-state index contributed by atoms with van der Waals surface area (Å²) in [6, 6.07) is 8.31. The van der Waals surface area contributed by atoms with E-state index in [0.717, 1.165) is 52.8 Å². The van der Waals surface area contributed by atoms with Crippen LogP contribution < -0.4 is 9.47 Å². The first kappa shape index (κ1) is 23.1. The van der Waals surface area contributed by atoms with E-state index in [2.05, 4.69) is 15.9 Å². The molecular weight excluding hydrogens is 464 g/mol. The van der Waals surface area contributed by atoms with Gasteiger partial charge in [-0.3, -0.25) is 0 Å². The molecule has 2 N–H and O–H groups in total. The molecule has 0 amide bonds. The van der Waals surface area contributed by atoms with E-state index in [0.29, 0.717) is 11.1 Å². The Balaban J connectivity index is 0.000000176. The highest BCUT2D eigenvalue weighted by molar-refractivity contribution is 9.10. The van der Waals surface area contributed by atoms with Crippen LogP contribution in [0.3, 0.4) is 0 Å². The standard InChI is InChI=1S/C12H13BrO3.C12H14O3/c1-12(2)4-3-7-5-8(11(14)15)6-9(13)10(7)16-12;1-12(2)6-5-8-7-9(11(13)14)3-4-10(8)15-12/h5-6H,3-4H2,1-2H3,(H,14,15);3-4,7H,5-6H2,1-2H3,(H,13,14). The van der Waals surface area contributed by atoms with Gasteiger partial charge in [-0.05, 0) is 111 Å². The number of halogens is 1. The zero-order valence-corrected chi connectivity index (χ0v) is 19.7. The summed E-state index contributed by atoms with van der Waals surface area (Å²) in [6.45, 7) is 8.16. The number of ether oxygens (including phenoxy) is 2. The molecule has 0 atom stereocenters. The van der Waals surface area contributed by atoms with Crippen LogP contribution in [0.2, 0.25) is 0 Å². The third-order valence-electron chi connectivity index (χ3n) is 5.43. The Bertz CT molecular complexity index is 1020. The van der Waals surface area contributed by atoms with Crippen LogP contribution in [-0.4, -0.2) is 33.4 Å². The van der Waals surface area contributed by atoms with Crippen LogP contribution in [0, 0.1) is 0 Å². The second kappa shape index (κ2) is 8.54. The van der Waals surface area contributed by atoms with Gasteiger partial charge in [-0.15, -0.1) is 0 Å². The SMILES string of the molecule is CC1(C)CCc2cc(C(=O)O)cc(Br)c2O1.CC1(C)CCc2cc(C(=O)O)ccc2O1. The molecule has 2 aliphatic rings. The van der Waals surface area contributed by atoms with E-state index in [1.54, 1.807) is 30.3 Å². The Labute approximate surface area is 190 Å². The summed E-state index contributed by atoms with van der Waals surface area (Å²) < 4.78 is 12.3. The van der Waals surface area contributed by atoms with E-state index in [1.807, 2.05) is 27.7 Å². The van der Waals surface area contributed by atoms with Crippen LogP contribution in [0.25, 0.3) is 0 Å². The van der Waals surface area contributed by atoms with Gasteiger partial charge in [-0.25, -0.2) is 9.59 Å². The first-order valence-corrected chi connectivity index (χ1v) is 11.0. The first-order chi connectivity index (χ1) is 14.4. The Morgan fingerprint density at radius 2 is 1.39 bits per heavy atom. The number of aromatic carboxylic acids is 2. The van der Waals surface area contributed by atoms with Gasteiger partial charge < -0.3 is 19.7 Å². The predicted octanol–water partition coefficient (Wildman–Crippen LogP) is 5.74. The summed E-state index contributed by atoms with van der Waals surface area (Å²) in [7, 11) is 0. The Morgan fingerprint density at radius 1 is 0.839 bits per heavy atom. The van der Waals surface area contributed by atoms with Crippen molar-refractivity contribution in [2.45, 2.75) is 64.6 Å². The molecule has 0 aromatic heterocycles. The van der Waals surface area contributed by atoms with E-state index in [-0.39, 0.29) is 11.2 Å². The molecule has 2 heterocycles. The summed E-state index contributed by atoms with van der Waals surface area (Å²) in [4.78, 5) is 21.7. The van der Waals surface area contributed by atoms with Crippen LogP contribution in [0.1, 0.15) is 72.4 Å². The lowest BCUT2D eigenvalue weighted by atomic mass is 9.93. The van der Waals surface area contributed by atoms with Crippen LogP contribution in [-0.2, 0) is 12.8 Å². The lowest BCUT2D eigenvalue weighted by Crippen LogP contribution is -2.32. The van der Waals surface area contributed by atoms with Crippen molar-refractivity contribution in [1.29, 1.82) is 0 Å². The topological polar surface area (TPSA) is 93.1 Å². The van der Waals surface area contributed by atoms with E-state index < -0.39 is 11.9 Å². The van der Waals surface area contributed by atoms with Crippen LogP contribution in [0.15, 0.2) is 34.8 Å². The van der Waals surface area contributed by atoms with Crippen molar-refractivity contribution < 1.29 is 29.3 Å². The number of carboxylic acids is 2. The smallest absolute Gasteiger partial charge is 0.335 e. The Kier molecular flexibility index (Phi) is 6.37. The highest BCUT2D eigenvalue weighted by Gasteiger charge is 2.29. The summed E-state index contributed by atoms with van der Waals surface area (Å²) in [6.07, 6.45) is 3.55. The van der Waals surface area contributed by atoms with Crippen molar-refractivity contribution in [2.24, 2.45) is 0 Å². The largest absolute Gasteiger partial charge is 0.488 e. The number of hydrogen-bond acceptors (Lipinski definition) is 4. The highest BCUT2D eigenvalue weighted by Crippen LogP contribution is 2.39. The summed E-state index contributed by atoms with van der Waals surface area (Å²) in [5, 5.41) is 17.8. The third kappa shape index (κ3) is 5.58. The van der Waals surface area contributed by atoms with Gasteiger partial charge in [0.05, 0.1) is 15.6 Å². The van der Waals surface area contributed by atoms with E-state index in [1.165, 1.54) is 0 Å². The molecule has 2 aromatic rings. The zero-order chi connectivity index (χ0) is 23.0. The number of rotatable bonds is 2. The summed E-state index contributed by atoms with van der Waals surface area (Å²) in [5.74, 6) is -0.200. The van der Waals surface area contributed by atoms with Gasteiger partial charge >= 0.3 is 11.9 Å². The average molecular weight is 491 g/mol. The van der Waals surface area contributed by atoms with Gasteiger partial charge in [0.25, 0.3) is 0 Å². The van der Waals surface area contributed by atoms with Crippen molar-refractivity contribution >= 4 is 27.9 Å². The lowest BCUT2D eigenvalue weighted by Gasteiger charge is -2.33. The van der Waals surface area contributed by atoms with Gasteiger partial charge in [0.2, 0.25) is 0 Å². The van der Waals surface area contributed by atoms with Gasteiger partial charge in [-0.2, -0.15) is 0 Å². The predicted molar refractivity (Wildman–Crippen MR) is 121 cm³/mol. The fourth-order valence-electron chi connectivity index (χ4n) is 3.63. The first-order valence-electron chi connectivity index (χ1n) is 10.2. The maximum absolute atomic E-state index is 10.9. The fourth-order valence-corrected chi connectivity index (χ4v) is 4.21. The van der Waals surface area contributed by atoms with Crippen LogP contribution in [0.5, 0.6) is 11.5 Å². The number of hydrogen-bond donors (Lipinski definition) is 2. The number of benzene rings is 2. The molecular formula is C24H27BrO6. The minimum atomic E-state index is -0.909. The molecule has 7 heteroatoms. The highest BCUT2D eigenvalue weighted by atomic mass is 79.9. The van der Waals surface area contributed by atoms with Crippen LogP contribution >= 0.6 is 15.9 Å². The Hall–Kier alpha value is -2.54. The Morgan fingerprint density at radius 3 is 2.00 bits per heavy atom. The van der Waals surface area contributed by atoms with Crippen molar-refractivity contribution in [3.8, 4) is 11.5 Å². The number of carbonyl (C=O) groups is 2. The summed E-state index contributed by atoms with van der Waals surface area (Å²) >= 11 is 3.36. The second-order valence-electron chi connectivity index (χ2n) is 9.10. The van der Waals surface area contributed by atoms with Crippen molar-refractivity contribution in [3.63, 3.8) is 0 Å². The fraction of sp³-hybridized carbons (Fsp3) is 0.417. The maximum Gasteiger partial charge on any atom is 0.335 e. The van der Waals surface area contributed by atoms with Gasteiger partial charge in [0, 0.05) is 0 Å².